The molecule has 0 atom stereocenters. The lowest BCUT2D eigenvalue weighted by Crippen LogP contribution is -2.31. The molecule has 2 aromatic rings. The highest BCUT2D eigenvalue weighted by atomic mass is 16.2. The highest BCUT2D eigenvalue weighted by Gasteiger charge is 2.05. The van der Waals surface area contributed by atoms with E-state index in [0.29, 0.717) is 16.9 Å². The third-order valence-corrected chi connectivity index (χ3v) is 2.96. The number of carbonyl (C=O) groups is 1. The molecule has 4 N–H and O–H groups in total. The summed E-state index contributed by atoms with van der Waals surface area (Å²) in [5, 5.41) is 2.70. The van der Waals surface area contributed by atoms with E-state index in [1.165, 1.54) is 10.8 Å². The molecule has 0 saturated heterocycles. The van der Waals surface area contributed by atoms with Crippen LogP contribution in [0.15, 0.2) is 40.1 Å². The van der Waals surface area contributed by atoms with E-state index in [4.69, 9.17) is 5.73 Å². The number of amides is 1. The van der Waals surface area contributed by atoms with Crippen LogP contribution in [0, 0.1) is 6.92 Å². The summed E-state index contributed by atoms with van der Waals surface area (Å²) in [5.74, 6) is -0.226. The molecule has 7 nitrogen and oxygen atoms in total. The lowest BCUT2D eigenvalue weighted by Gasteiger charge is -2.07. The Morgan fingerprint density at radius 1 is 1.29 bits per heavy atom. The average Bonchev–Trinajstić information content (AvgIpc) is 2.44. The van der Waals surface area contributed by atoms with Gasteiger partial charge in [-0.25, -0.2) is 4.79 Å². The van der Waals surface area contributed by atoms with Gasteiger partial charge < -0.3 is 11.1 Å². The molecular formula is C14H16N4O3. The first kappa shape index (κ1) is 14.6. The van der Waals surface area contributed by atoms with E-state index in [-0.39, 0.29) is 18.9 Å². The van der Waals surface area contributed by atoms with E-state index in [1.54, 1.807) is 31.2 Å². The second-order valence-corrected chi connectivity index (χ2v) is 4.68. The predicted octanol–water partition coefficient (Wildman–Crippen LogP) is 0.456. The number of H-pyrrole nitrogens is 1. The van der Waals surface area contributed by atoms with E-state index in [2.05, 4.69) is 10.3 Å². The Morgan fingerprint density at radius 2 is 1.95 bits per heavy atom. The van der Waals surface area contributed by atoms with Crippen LogP contribution in [0.5, 0.6) is 0 Å². The van der Waals surface area contributed by atoms with Crippen LogP contribution in [0.25, 0.3) is 0 Å². The second kappa shape index (κ2) is 6.08. The number of nitrogen functional groups attached to an aromatic ring is 1. The zero-order valence-corrected chi connectivity index (χ0v) is 11.6. The minimum absolute atomic E-state index is 0.121. The molecule has 0 unspecified atom stereocenters. The Balaban J connectivity index is 1.98. The maximum Gasteiger partial charge on any atom is 0.328 e. The third kappa shape index (κ3) is 3.82. The molecule has 0 fully saturated rings. The lowest BCUT2D eigenvalue weighted by atomic mass is 10.2. The number of carbonyl (C=O) groups excluding carboxylic acids is 1. The zero-order chi connectivity index (χ0) is 15.4. The van der Waals surface area contributed by atoms with Crippen molar-refractivity contribution in [3.8, 4) is 0 Å². The van der Waals surface area contributed by atoms with Crippen LogP contribution < -0.4 is 22.3 Å². The number of benzene rings is 1. The molecule has 0 aliphatic carbocycles. The van der Waals surface area contributed by atoms with Crippen molar-refractivity contribution in [3.05, 3.63) is 56.9 Å². The summed E-state index contributed by atoms with van der Waals surface area (Å²) in [6, 6.07) is 6.77. The molecule has 1 aromatic heterocycles. The van der Waals surface area contributed by atoms with Gasteiger partial charge in [-0.2, -0.15) is 0 Å². The van der Waals surface area contributed by atoms with Gasteiger partial charge in [-0.1, -0.05) is 0 Å². The van der Waals surface area contributed by atoms with Gasteiger partial charge in [0.2, 0.25) is 5.91 Å². The van der Waals surface area contributed by atoms with Crippen molar-refractivity contribution < 1.29 is 4.79 Å². The molecule has 2 rings (SSSR count). The van der Waals surface area contributed by atoms with Crippen molar-refractivity contribution in [3.63, 3.8) is 0 Å². The summed E-state index contributed by atoms with van der Waals surface area (Å²) in [4.78, 5) is 36.8. The molecule has 21 heavy (non-hydrogen) atoms. The number of nitrogens with zero attached hydrogens (tertiary/aromatic N) is 1. The standard InChI is InChI=1S/C14H16N4O3/c1-9-8-18(14(21)17-13(9)20)7-6-12(19)16-11-4-2-10(15)3-5-11/h2-5,8H,6-7,15H2,1H3,(H,16,19)(H,17,20,21). The molecule has 0 saturated carbocycles. The summed E-state index contributed by atoms with van der Waals surface area (Å²) in [7, 11) is 0. The SMILES string of the molecule is Cc1cn(CCC(=O)Nc2ccc(N)cc2)c(=O)[nH]c1=O. The number of rotatable bonds is 4. The van der Waals surface area contributed by atoms with Crippen LogP contribution in [0.4, 0.5) is 11.4 Å². The molecule has 0 radical (unpaired) electrons. The molecule has 0 aliphatic heterocycles. The quantitative estimate of drug-likeness (QED) is 0.710. The largest absolute Gasteiger partial charge is 0.399 e. The fraction of sp³-hybridized carbons (Fsp3) is 0.214. The van der Waals surface area contributed by atoms with Crippen LogP contribution >= 0.6 is 0 Å². The van der Waals surface area contributed by atoms with Gasteiger partial charge in [0.05, 0.1) is 0 Å². The fourth-order valence-electron chi connectivity index (χ4n) is 1.80. The van der Waals surface area contributed by atoms with Crippen LogP contribution in [-0.2, 0) is 11.3 Å². The first-order chi connectivity index (χ1) is 9.95. The zero-order valence-electron chi connectivity index (χ0n) is 11.6. The van der Waals surface area contributed by atoms with Gasteiger partial charge >= 0.3 is 5.69 Å². The molecule has 7 heteroatoms. The number of aryl methyl sites for hydroxylation is 2. The fourth-order valence-corrected chi connectivity index (χ4v) is 1.80. The van der Waals surface area contributed by atoms with Gasteiger partial charge in [0, 0.05) is 36.1 Å². The second-order valence-electron chi connectivity index (χ2n) is 4.68. The van der Waals surface area contributed by atoms with E-state index >= 15 is 0 Å². The van der Waals surface area contributed by atoms with Crippen molar-refractivity contribution in [2.75, 3.05) is 11.1 Å². The van der Waals surface area contributed by atoms with Crippen LogP contribution in [0.1, 0.15) is 12.0 Å². The Kier molecular flexibility index (Phi) is 4.22. The average molecular weight is 288 g/mol. The monoisotopic (exact) mass is 288 g/mol. The van der Waals surface area contributed by atoms with Gasteiger partial charge in [-0.15, -0.1) is 0 Å². The highest BCUT2D eigenvalue weighted by molar-refractivity contribution is 5.90. The molecule has 110 valence electrons. The number of aromatic nitrogens is 2. The summed E-state index contributed by atoms with van der Waals surface area (Å²) in [5.41, 5.74) is 6.30. The maximum atomic E-state index is 11.8. The first-order valence-electron chi connectivity index (χ1n) is 6.41. The Hall–Kier alpha value is -2.83. The maximum absolute atomic E-state index is 11.8. The number of nitrogens with two attached hydrogens (primary N) is 1. The summed E-state index contributed by atoms with van der Waals surface area (Å²) in [6.45, 7) is 1.79. The van der Waals surface area contributed by atoms with Crippen molar-refractivity contribution in [2.24, 2.45) is 0 Å². The lowest BCUT2D eigenvalue weighted by molar-refractivity contribution is -0.116. The topological polar surface area (TPSA) is 110 Å². The number of nitrogens with one attached hydrogen (secondary N) is 2. The van der Waals surface area contributed by atoms with E-state index in [9.17, 15) is 14.4 Å². The number of hydrogen-bond donors (Lipinski definition) is 3. The van der Waals surface area contributed by atoms with Gasteiger partial charge in [0.25, 0.3) is 5.56 Å². The molecule has 1 aromatic carbocycles. The minimum Gasteiger partial charge on any atom is -0.399 e. The van der Waals surface area contributed by atoms with Crippen molar-refractivity contribution >= 4 is 17.3 Å². The number of hydrogen-bond acceptors (Lipinski definition) is 4. The summed E-state index contributed by atoms with van der Waals surface area (Å²) >= 11 is 0. The van der Waals surface area contributed by atoms with Gasteiger partial charge in [-0.05, 0) is 31.2 Å². The molecule has 0 bridgehead atoms. The van der Waals surface area contributed by atoms with Gasteiger partial charge in [0.1, 0.15) is 0 Å². The van der Waals surface area contributed by atoms with Gasteiger partial charge in [0.15, 0.2) is 0 Å². The highest BCUT2D eigenvalue weighted by Crippen LogP contribution is 2.10. The van der Waals surface area contributed by atoms with Crippen molar-refractivity contribution in [1.82, 2.24) is 9.55 Å². The number of aromatic amines is 1. The Labute approximate surface area is 120 Å². The van der Waals surface area contributed by atoms with E-state index < -0.39 is 11.2 Å². The van der Waals surface area contributed by atoms with Crippen LogP contribution in [0.3, 0.4) is 0 Å². The normalized spacial score (nSPS) is 10.3. The summed E-state index contributed by atoms with van der Waals surface area (Å²) in [6.07, 6.45) is 1.56. The molecule has 0 aliphatic rings. The molecule has 1 amide bonds. The van der Waals surface area contributed by atoms with E-state index in [0.717, 1.165) is 0 Å². The number of anilines is 2. The molecule has 0 spiro atoms. The summed E-state index contributed by atoms with van der Waals surface area (Å²) < 4.78 is 1.30. The third-order valence-electron chi connectivity index (χ3n) is 2.96. The van der Waals surface area contributed by atoms with Crippen molar-refractivity contribution in [2.45, 2.75) is 19.9 Å². The van der Waals surface area contributed by atoms with Crippen LogP contribution in [-0.4, -0.2) is 15.5 Å². The van der Waals surface area contributed by atoms with Crippen LogP contribution in [0.2, 0.25) is 0 Å². The van der Waals surface area contributed by atoms with Gasteiger partial charge in [-0.3, -0.25) is 19.1 Å². The predicted molar refractivity (Wildman–Crippen MR) is 80.2 cm³/mol. The first-order valence-corrected chi connectivity index (χ1v) is 6.41. The van der Waals surface area contributed by atoms with E-state index in [1.807, 2.05) is 0 Å². The minimum atomic E-state index is -0.522. The smallest absolute Gasteiger partial charge is 0.328 e. The molecular weight excluding hydrogens is 272 g/mol. The van der Waals surface area contributed by atoms with Crippen molar-refractivity contribution in [1.29, 1.82) is 0 Å². The Bertz CT molecular complexity index is 759. The molecule has 1 heterocycles. The Morgan fingerprint density at radius 3 is 2.62 bits per heavy atom.